The minimum atomic E-state index is -0.385. The van der Waals surface area contributed by atoms with Crippen molar-refractivity contribution in [3.05, 3.63) is 29.3 Å². The van der Waals surface area contributed by atoms with Crippen LogP contribution in [0.5, 0.6) is 5.75 Å². The van der Waals surface area contributed by atoms with Crippen LogP contribution in [0.1, 0.15) is 49.3 Å². The Morgan fingerprint density at radius 2 is 2.10 bits per heavy atom. The van der Waals surface area contributed by atoms with Gasteiger partial charge in [0.05, 0.1) is 6.10 Å². The van der Waals surface area contributed by atoms with E-state index in [1.807, 2.05) is 18.2 Å². The molecule has 1 aliphatic heterocycles. The minimum absolute atomic E-state index is 0.0137. The van der Waals surface area contributed by atoms with Gasteiger partial charge in [-0.3, -0.25) is 4.79 Å². The van der Waals surface area contributed by atoms with E-state index in [1.165, 1.54) is 0 Å². The Balaban J connectivity index is 1.75. The third-order valence-electron chi connectivity index (χ3n) is 4.16. The van der Waals surface area contributed by atoms with Crippen molar-refractivity contribution in [2.45, 2.75) is 50.7 Å². The van der Waals surface area contributed by atoms with Crippen LogP contribution in [0.15, 0.2) is 18.2 Å². The molecule has 2 atom stereocenters. The number of nitrogens with one attached hydrogen (secondary N) is 1. The van der Waals surface area contributed by atoms with E-state index in [-0.39, 0.29) is 18.1 Å². The van der Waals surface area contributed by atoms with Gasteiger partial charge in [-0.15, -0.1) is 0 Å². The Labute approximate surface area is 119 Å². The van der Waals surface area contributed by atoms with Crippen LogP contribution in [0.3, 0.4) is 0 Å². The molecule has 1 heterocycles. The summed E-state index contributed by atoms with van der Waals surface area (Å²) in [6.45, 7) is 0.745. The minimum Gasteiger partial charge on any atom is -0.481 e. The Morgan fingerprint density at radius 3 is 3.00 bits per heavy atom. The number of carbonyl (C=O) groups excluding carboxylic acids is 1. The summed E-state index contributed by atoms with van der Waals surface area (Å²) in [6.07, 6.45) is 4.86. The average Bonchev–Trinajstić information content (AvgIpc) is 2.64. The molecule has 1 amide bonds. The molecule has 3 rings (SSSR count). The first-order valence-electron chi connectivity index (χ1n) is 7.49. The summed E-state index contributed by atoms with van der Waals surface area (Å²) in [7, 11) is 0. The maximum atomic E-state index is 11.9. The van der Waals surface area contributed by atoms with Crippen LogP contribution in [0, 0.1) is 0 Å². The van der Waals surface area contributed by atoms with Gasteiger partial charge >= 0.3 is 0 Å². The van der Waals surface area contributed by atoms with Crippen molar-refractivity contribution in [2.75, 3.05) is 6.54 Å². The van der Waals surface area contributed by atoms with Crippen molar-refractivity contribution < 1.29 is 14.6 Å². The zero-order valence-electron chi connectivity index (χ0n) is 11.6. The van der Waals surface area contributed by atoms with E-state index in [4.69, 9.17) is 4.74 Å². The average molecular weight is 275 g/mol. The van der Waals surface area contributed by atoms with Crippen molar-refractivity contribution in [2.24, 2.45) is 0 Å². The first kappa shape index (κ1) is 13.4. The van der Waals surface area contributed by atoms with Gasteiger partial charge in [-0.2, -0.15) is 0 Å². The quantitative estimate of drug-likeness (QED) is 0.869. The Morgan fingerprint density at radius 1 is 1.20 bits per heavy atom. The van der Waals surface area contributed by atoms with E-state index in [0.717, 1.165) is 61.9 Å². The highest BCUT2D eigenvalue weighted by atomic mass is 16.5. The summed E-state index contributed by atoms with van der Waals surface area (Å²) in [5.41, 5.74) is 2.16. The second-order valence-corrected chi connectivity index (χ2v) is 5.66. The molecular weight excluding hydrogens is 254 g/mol. The predicted molar refractivity (Wildman–Crippen MR) is 75.6 cm³/mol. The number of aliphatic hydroxyl groups is 1. The monoisotopic (exact) mass is 275 g/mol. The summed E-state index contributed by atoms with van der Waals surface area (Å²) in [4.78, 5) is 11.9. The second kappa shape index (κ2) is 5.83. The van der Waals surface area contributed by atoms with Gasteiger partial charge in [0.1, 0.15) is 5.75 Å². The summed E-state index contributed by atoms with van der Waals surface area (Å²) in [5, 5.41) is 12.8. The lowest BCUT2D eigenvalue weighted by molar-refractivity contribution is -0.127. The number of hydrogen-bond acceptors (Lipinski definition) is 3. The lowest BCUT2D eigenvalue weighted by Gasteiger charge is -2.23. The number of amides is 1. The van der Waals surface area contributed by atoms with Gasteiger partial charge in [0.15, 0.2) is 6.10 Å². The third kappa shape index (κ3) is 2.80. The molecule has 2 N–H and O–H groups in total. The van der Waals surface area contributed by atoms with E-state index in [0.29, 0.717) is 0 Å². The summed E-state index contributed by atoms with van der Waals surface area (Å²) in [6, 6.07) is 5.78. The fourth-order valence-electron chi connectivity index (χ4n) is 3.03. The molecule has 20 heavy (non-hydrogen) atoms. The molecule has 0 saturated carbocycles. The zero-order chi connectivity index (χ0) is 13.9. The zero-order valence-corrected chi connectivity index (χ0v) is 11.6. The van der Waals surface area contributed by atoms with Gasteiger partial charge in [-0.25, -0.2) is 0 Å². The van der Waals surface area contributed by atoms with E-state index in [2.05, 4.69) is 5.32 Å². The van der Waals surface area contributed by atoms with Crippen LogP contribution in [0.2, 0.25) is 0 Å². The SMILES string of the molecule is O=C1NCCCCC1Oc1ccc2c(c1)CCCC2O. The van der Waals surface area contributed by atoms with E-state index < -0.39 is 0 Å². The third-order valence-corrected chi connectivity index (χ3v) is 4.16. The number of aliphatic hydroxyl groups excluding tert-OH is 1. The molecule has 4 heteroatoms. The van der Waals surface area contributed by atoms with Crippen LogP contribution in [0.25, 0.3) is 0 Å². The Bertz CT molecular complexity index is 500. The highest BCUT2D eigenvalue weighted by molar-refractivity contribution is 5.81. The summed E-state index contributed by atoms with van der Waals surface area (Å²) >= 11 is 0. The first-order chi connectivity index (χ1) is 9.74. The molecule has 0 aromatic heterocycles. The molecule has 1 fully saturated rings. The van der Waals surface area contributed by atoms with Gasteiger partial charge in [0.2, 0.25) is 0 Å². The van der Waals surface area contributed by atoms with Crippen molar-refractivity contribution >= 4 is 5.91 Å². The van der Waals surface area contributed by atoms with Crippen LogP contribution >= 0.6 is 0 Å². The molecule has 4 nitrogen and oxygen atoms in total. The molecule has 1 aromatic carbocycles. The first-order valence-corrected chi connectivity index (χ1v) is 7.49. The smallest absolute Gasteiger partial charge is 0.261 e. The van der Waals surface area contributed by atoms with E-state index in [1.54, 1.807) is 0 Å². The van der Waals surface area contributed by atoms with Gasteiger partial charge < -0.3 is 15.2 Å². The summed E-state index contributed by atoms with van der Waals surface area (Å²) in [5.74, 6) is 0.722. The van der Waals surface area contributed by atoms with Crippen molar-refractivity contribution in [3.63, 3.8) is 0 Å². The number of ether oxygens (including phenoxy) is 1. The lowest BCUT2D eigenvalue weighted by Crippen LogP contribution is -2.36. The van der Waals surface area contributed by atoms with E-state index in [9.17, 15) is 9.90 Å². The molecule has 0 bridgehead atoms. The van der Waals surface area contributed by atoms with Crippen LogP contribution in [-0.2, 0) is 11.2 Å². The Kier molecular flexibility index (Phi) is 3.92. The maximum Gasteiger partial charge on any atom is 0.261 e. The topological polar surface area (TPSA) is 58.6 Å². The van der Waals surface area contributed by atoms with Crippen molar-refractivity contribution in [1.82, 2.24) is 5.32 Å². The molecular formula is C16H21NO3. The molecule has 1 aliphatic carbocycles. The predicted octanol–water partition coefficient (Wildman–Crippen LogP) is 2.10. The maximum absolute atomic E-state index is 11.9. The van der Waals surface area contributed by atoms with Crippen molar-refractivity contribution in [3.8, 4) is 5.75 Å². The molecule has 0 radical (unpaired) electrons. The van der Waals surface area contributed by atoms with Crippen molar-refractivity contribution in [1.29, 1.82) is 0 Å². The van der Waals surface area contributed by atoms with Gasteiger partial charge in [-0.05, 0) is 61.8 Å². The molecule has 0 spiro atoms. The van der Waals surface area contributed by atoms with Crippen LogP contribution in [0.4, 0.5) is 0 Å². The fourth-order valence-corrected chi connectivity index (χ4v) is 3.03. The molecule has 2 unspecified atom stereocenters. The second-order valence-electron chi connectivity index (χ2n) is 5.66. The number of benzene rings is 1. The Hall–Kier alpha value is -1.55. The summed E-state index contributed by atoms with van der Waals surface area (Å²) < 4.78 is 5.86. The van der Waals surface area contributed by atoms with Gasteiger partial charge in [-0.1, -0.05) is 6.07 Å². The highest BCUT2D eigenvalue weighted by Crippen LogP contribution is 2.32. The molecule has 2 aliphatic rings. The largest absolute Gasteiger partial charge is 0.481 e. The number of fused-ring (bicyclic) bond motifs is 1. The van der Waals surface area contributed by atoms with Gasteiger partial charge in [0, 0.05) is 6.54 Å². The molecule has 1 saturated heterocycles. The number of hydrogen-bond donors (Lipinski definition) is 2. The number of aryl methyl sites for hydroxylation is 1. The lowest BCUT2D eigenvalue weighted by atomic mass is 9.89. The normalized spacial score (nSPS) is 26.4. The molecule has 1 aromatic rings. The van der Waals surface area contributed by atoms with E-state index >= 15 is 0 Å². The van der Waals surface area contributed by atoms with Crippen LogP contribution < -0.4 is 10.1 Å². The molecule has 108 valence electrons. The van der Waals surface area contributed by atoms with Gasteiger partial charge in [0.25, 0.3) is 5.91 Å². The highest BCUT2D eigenvalue weighted by Gasteiger charge is 2.23. The number of rotatable bonds is 2. The standard InChI is InChI=1S/C16H21NO3/c18-14-5-3-4-11-10-12(7-8-13(11)14)20-15-6-1-2-9-17-16(15)19/h7-8,10,14-15,18H,1-6,9H2,(H,17,19). The number of carbonyl (C=O) groups is 1. The van der Waals surface area contributed by atoms with Crippen LogP contribution in [-0.4, -0.2) is 23.7 Å². The fraction of sp³-hybridized carbons (Fsp3) is 0.562.